The highest BCUT2D eigenvalue weighted by Crippen LogP contribution is 2.37. The molecule has 9 heteroatoms. The van der Waals surface area contributed by atoms with Crippen LogP contribution in [0.2, 0.25) is 0 Å². The Labute approximate surface area is 189 Å². The second kappa shape index (κ2) is 9.64. The third kappa shape index (κ3) is 4.35. The molecule has 1 unspecified atom stereocenters. The minimum Gasteiger partial charge on any atom is -0.339 e. The zero-order valence-electron chi connectivity index (χ0n) is 17.0. The molecule has 1 aromatic heterocycles. The fourth-order valence-electron chi connectivity index (χ4n) is 4.99. The van der Waals surface area contributed by atoms with Gasteiger partial charge >= 0.3 is 0 Å². The van der Waals surface area contributed by atoms with Crippen LogP contribution in [-0.2, 0) is 17.8 Å². The normalized spacial score (nSPS) is 22.5. The Morgan fingerprint density at radius 2 is 1.80 bits per heavy atom. The molecule has 2 saturated heterocycles. The monoisotopic (exact) mass is 452 g/mol. The van der Waals surface area contributed by atoms with Crippen molar-refractivity contribution in [1.82, 2.24) is 30.3 Å². The Morgan fingerprint density at radius 1 is 1.03 bits per heavy atom. The molecule has 5 rings (SSSR count). The molecule has 7 nitrogen and oxygen atoms in total. The number of hydrogen-bond donors (Lipinski definition) is 2. The fourth-order valence-corrected chi connectivity index (χ4v) is 4.99. The van der Waals surface area contributed by atoms with E-state index in [4.69, 9.17) is 0 Å². The second-order valence-electron chi connectivity index (χ2n) is 8.42. The highest BCUT2D eigenvalue weighted by molar-refractivity contribution is 5.85. The van der Waals surface area contributed by atoms with Crippen molar-refractivity contribution in [1.29, 1.82) is 0 Å². The summed E-state index contributed by atoms with van der Waals surface area (Å²) in [6, 6.07) is 10.1. The average molecular weight is 453 g/mol. The first-order chi connectivity index (χ1) is 13.7. The van der Waals surface area contributed by atoms with E-state index >= 15 is 0 Å². The Hall–Kier alpha value is -1.67. The lowest BCUT2D eigenvalue weighted by Crippen LogP contribution is -2.44. The van der Waals surface area contributed by atoms with E-state index in [2.05, 4.69) is 37.5 Å². The van der Waals surface area contributed by atoms with Gasteiger partial charge in [0.05, 0.1) is 6.04 Å². The summed E-state index contributed by atoms with van der Waals surface area (Å²) in [5.41, 5.74) is 1.39. The van der Waals surface area contributed by atoms with E-state index in [1.807, 2.05) is 23.1 Å². The van der Waals surface area contributed by atoms with Crippen molar-refractivity contribution >= 4 is 30.7 Å². The van der Waals surface area contributed by atoms with Gasteiger partial charge in [0.15, 0.2) is 5.82 Å². The van der Waals surface area contributed by atoms with Crippen molar-refractivity contribution in [3.8, 4) is 11.4 Å². The zero-order valence-corrected chi connectivity index (χ0v) is 18.7. The van der Waals surface area contributed by atoms with Crippen LogP contribution < -0.4 is 10.6 Å². The predicted molar refractivity (Wildman–Crippen MR) is 121 cm³/mol. The predicted octanol–water partition coefficient (Wildman–Crippen LogP) is 1.91. The molecule has 1 aromatic carbocycles. The number of nitrogens with zero attached hydrogens (tertiary/aromatic N) is 4. The Morgan fingerprint density at radius 3 is 2.57 bits per heavy atom. The molecule has 4 heterocycles. The van der Waals surface area contributed by atoms with Gasteiger partial charge in [0.1, 0.15) is 5.82 Å². The van der Waals surface area contributed by atoms with Crippen LogP contribution in [0.25, 0.3) is 11.4 Å². The molecule has 164 valence electrons. The summed E-state index contributed by atoms with van der Waals surface area (Å²) in [4.78, 5) is 15.2. The van der Waals surface area contributed by atoms with Gasteiger partial charge in [-0.15, -0.1) is 35.0 Å². The van der Waals surface area contributed by atoms with Gasteiger partial charge in [-0.1, -0.05) is 30.3 Å². The lowest BCUT2D eigenvalue weighted by Gasteiger charge is -2.33. The maximum atomic E-state index is 13.2. The highest BCUT2D eigenvalue weighted by atomic mass is 35.5. The third-order valence-corrected chi connectivity index (χ3v) is 6.69. The molecule has 1 atom stereocenters. The van der Waals surface area contributed by atoms with Gasteiger partial charge < -0.3 is 20.1 Å². The number of nitrogens with one attached hydrogen (secondary N) is 2. The number of amides is 1. The zero-order chi connectivity index (χ0) is 19.0. The van der Waals surface area contributed by atoms with E-state index in [-0.39, 0.29) is 36.8 Å². The van der Waals surface area contributed by atoms with Crippen molar-refractivity contribution in [3.63, 3.8) is 0 Å². The summed E-state index contributed by atoms with van der Waals surface area (Å²) in [6.07, 6.45) is 4.08. The molecule has 2 N–H and O–H groups in total. The number of carbonyl (C=O) groups is 1. The molecule has 30 heavy (non-hydrogen) atoms. The number of halogens is 2. The number of aromatic nitrogens is 3. The Bertz CT molecular complexity index is 852. The van der Waals surface area contributed by atoms with Crippen LogP contribution in [-0.4, -0.2) is 64.3 Å². The van der Waals surface area contributed by atoms with Crippen LogP contribution >= 0.6 is 24.8 Å². The number of carbonyl (C=O) groups excluding carboxylic acids is 1. The van der Waals surface area contributed by atoms with Crippen LogP contribution in [0.15, 0.2) is 30.3 Å². The minimum absolute atomic E-state index is 0. The van der Waals surface area contributed by atoms with Gasteiger partial charge in [0, 0.05) is 38.2 Å². The summed E-state index contributed by atoms with van der Waals surface area (Å²) in [6.45, 7) is 5.31. The van der Waals surface area contributed by atoms with Crippen molar-refractivity contribution in [2.45, 2.75) is 38.3 Å². The molecule has 2 aromatic rings. The van der Waals surface area contributed by atoms with Crippen molar-refractivity contribution in [2.24, 2.45) is 5.41 Å². The quantitative estimate of drug-likeness (QED) is 0.727. The molecule has 1 amide bonds. The standard InChI is InChI=1S/C21H28N6O.2ClH/c28-20(17-14-21(15-23-17)7-9-22-10-8-21)26-11-6-18-24-25-19(27(18)13-12-26)16-4-2-1-3-5-16;;/h1-5,17,22-23H,6-15H2;2*1H. The molecule has 0 bridgehead atoms. The van der Waals surface area contributed by atoms with E-state index in [9.17, 15) is 4.79 Å². The molecule has 3 aliphatic rings. The maximum absolute atomic E-state index is 13.2. The molecule has 1 spiro atoms. The van der Waals surface area contributed by atoms with Gasteiger partial charge in [-0.2, -0.15) is 0 Å². The molecule has 3 aliphatic heterocycles. The molecule has 2 fully saturated rings. The summed E-state index contributed by atoms with van der Waals surface area (Å²) in [5.74, 6) is 2.14. The summed E-state index contributed by atoms with van der Waals surface area (Å²) >= 11 is 0. The summed E-state index contributed by atoms with van der Waals surface area (Å²) < 4.78 is 2.18. The molecular formula is C21H30Cl2N6O. The van der Waals surface area contributed by atoms with E-state index in [1.54, 1.807) is 0 Å². The third-order valence-electron chi connectivity index (χ3n) is 6.69. The van der Waals surface area contributed by atoms with Crippen molar-refractivity contribution < 1.29 is 4.79 Å². The fraction of sp³-hybridized carbons (Fsp3) is 0.571. The van der Waals surface area contributed by atoms with E-state index in [0.29, 0.717) is 5.41 Å². The van der Waals surface area contributed by atoms with E-state index in [0.717, 1.165) is 69.3 Å². The topological polar surface area (TPSA) is 75.1 Å². The molecule has 0 radical (unpaired) electrons. The van der Waals surface area contributed by atoms with E-state index < -0.39 is 0 Å². The number of hydrogen-bond acceptors (Lipinski definition) is 5. The van der Waals surface area contributed by atoms with E-state index in [1.165, 1.54) is 12.8 Å². The van der Waals surface area contributed by atoms with Crippen LogP contribution in [0.5, 0.6) is 0 Å². The highest BCUT2D eigenvalue weighted by Gasteiger charge is 2.43. The maximum Gasteiger partial charge on any atom is 0.239 e. The summed E-state index contributed by atoms with van der Waals surface area (Å²) in [5, 5.41) is 15.8. The lowest BCUT2D eigenvalue weighted by molar-refractivity contribution is -0.133. The Kier molecular flexibility index (Phi) is 7.39. The largest absolute Gasteiger partial charge is 0.339 e. The van der Waals surface area contributed by atoms with Crippen molar-refractivity contribution in [2.75, 3.05) is 32.7 Å². The van der Waals surface area contributed by atoms with Crippen LogP contribution in [0, 0.1) is 5.41 Å². The van der Waals surface area contributed by atoms with Crippen molar-refractivity contribution in [3.05, 3.63) is 36.2 Å². The number of rotatable bonds is 2. The Balaban J connectivity index is 0.00000128. The van der Waals surface area contributed by atoms with Gasteiger partial charge in [-0.3, -0.25) is 4.79 Å². The molecule has 0 aliphatic carbocycles. The van der Waals surface area contributed by atoms with Gasteiger partial charge in [0.2, 0.25) is 5.91 Å². The van der Waals surface area contributed by atoms with Crippen LogP contribution in [0.4, 0.5) is 0 Å². The average Bonchev–Trinajstić information content (AvgIpc) is 3.27. The summed E-state index contributed by atoms with van der Waals surface area (Å²) in [7, 11) is 0. The lowest BCUT2D eigenvalue weighted by atomic mass is 9.77. The molecule has 0 saturated carbocycles. The number of fused-ring (bicyclic) bond motifs is 1. The first-order valence-corrected chi connectivity index (χ1v) is 10.4. The van der Waals surface area contributed by atoms with Gasteiger partial charge in [-0.05, 0) is 37.8 Å². The minimum atomic E-state index is -0.0322. The van der Waals surface area contributed by atoms with Gasteiger partial charge in [0.25, 0.3) is 0 Å². The van der Waals surface area contributed by atoms with Crippen LogP contribution in [0.3, 0.4) is 0 Å². The first kappa shape index (κ1) is 23.0. The van der Waals surface area contributed by atoms with Crippen LogP contribution in [0.1, 0.15) is 25.1 Å². The number of benzene rings is 1. The smallest absolute Gasteiger partial charge is 0.239 e. The van der Waals surface area contributed by atoms with Gasteiger partial charge in [-0.25, -0.2) is 0 Å². The second-order valence-corrected chi connectivity index (χ2v) is 8.42. The number of piperidine rings is 1. The molecular weight excluding hydrogens is 423 g/mol. The SMILES string of the molecule is Cl.Cl.O=C(C1CC2(CCNCC2)CN1)N1CCc2nnc(-c3ccccc3)n2CC1. The first-order valence-electron chi connectivity index (χ1n) is 10.4.